The van der Waals surface area contributed by atoms with Crippen LogP contribution in [-0.2, 0) is 11.3 Å². The summed E-state index contributed by atoms with van der Waals surface area (Å²) in [4.78, 5) is 11.1. The molecule has 1 N–H and O–H groups in total. The van der Waals surface area contributed by atoms with Gasteiger partial charge in [0.1, 0.15) is 0 Å². The number of para-hydroxylation sites is 1. The predicted octanol–water partition coefficient (Wildman–Crippen LogP) is 3.41. The molecule has 2 aromatic rings. The second-order valence-corrected chi connectivity index (χ2v) is 5.22. The number of nitrogens with zero attached hydrogens (tertiary/aromatic N) is 1. The Labute approximate surface area is 105 Å². The van der Waals surface area contributed by atoms with Gasteiger partial charge in [-0.05, 0) is 26.0 Å². The minimum Gasteiger partial charge on any atom is -0.481 e. The van der Waals surface area contributed by atoms with Gasteiger partial charge in [-0.25, -0.2) is 0 Å². The summed E-state index contributed by atoms with van der Waals surface area (Å²) >= 11 is 6.14. The van der Waals surface area contributed by atoms with E-state index in [0.29, 0.717) is 11.6 Å². The van der Waals surface area contributed by atoms with E-state index in [0.717, 1.165) is 10.9 Å². The second kappa shape index (κ2) is 4.08. The van der Waals surface area contributed by atoms with E-state index in [-0.39, 0.29) is 0 Å². The van der Waals surface area contributed by atoms with Crippen LogP contribution in [0.25, 0.3) is 10.9 Å². The second-order valence-electron chi connectivity index (χ2n) is 4.81. The summed E-state index contributed by atoms with van der Waals surface area (Å²) < 4.78 is 1.89. The smallest absolute Gasteiger partial charge is 0.310 e. The molecule has 0 aliphatic heterocycles. The van der Waals surface area contributed by atoms with Gasteiger partial charge < -0.3 is 9.67 Å². The first kappa shape index (κ1) is 12.0. The van der Waals surface area contributed by atoms with Crippen LogP contribution in [0.2, 0.25) is 5.02 Å². The summed E-state index contributed by atoms with van der Waals surface area (Å²) in [6.07, 6.45) is 1.88. The molecule has 1 heterocycles. The third-order valence-corrected chi connectivity index (χ3v) is 3.19. The van der Waals surface area contributed by atoms with Gasteiger partial charge in [0.2, 0.25) is 0 Å². The van der Waals surface area contributed by atoms with Crippen LogP contribution < -0.4 is 0 Å². The van der Waals surface area contributed by atoms with Crippen LogP contribution in [0.5, 0.6) is 0 Å². The number of carboxylic acids is 1. The highest BCUT2D eigenvalue weighted by Gasteiger charge is 2.28. The SMILES string of the molecule is CC(C)(Cn1ccc2cccc(Cl)c21)C(=O)O. The molecule has 0 fully saturated rings. The van der Waals surface area contributed by atoms with Crippen molar-refractivity contribution < 1.29 is 9.90 Å². The first-order valence-corrected chi connectivity index (χ1v) is 5.76. The summed E-state index contributed by atoms with van der Waals surface area (Å²) in [5.74, 6) is -0.814. The molecule has 0 spiro atoms. The topological polar surface area (TPSA) is 42.2 Å². The first-order chi connectivity index (χ1) is 7.92. The number of halogens is 1. The average molecular weight is 252 g/mol. The van der Waals surface area contributed by atoms with Crippen molar-refractivity contribution in [2.75, 3.05) is 0 Å². The van der Waals surface area contributed by atoms with E-state index < -0.39 is 11.4 Å². The molecular weight excluding hydrogens is 238 g/mol. The van der Waals surface area contributed by atoms with Gasteiger partial charge in [0.05, 0.1) is 16.0 Å². The van der Waals surface area contributed by atoms with Crippen molar-refractivity contribution in [3.05, 3.63) is 35.5 Å². The predicted molar refractivity (Wildman–Crippen MR) is 68.4 cm³/mol. The third-order valence-electron chi connectivity index (χ3n) is 2.88. The first-order valence-electron chi connectivity index (χ1n) is 5.38. The van der Waals surface area contributed by atoms with Crippen LogP contribution in [0.1, 0.15) is 13.8 Å². The molecule has 0 saturated heterocycles. The lowest BCUT2D eigenvalue weighted by Gasteiger charge is -2.20. The molecule has 0 saturated carbocycles. The lowest BCUT2D eigenvalue weighted by Crippen LogP contribution is -2.28. The maximum absolute atomic E-state index is 11.1. The van der Waals surface area contributed by atoms with E-state index >= 15 is 0 Å². The van der Waals surface area contributed by atoms with Gasteiger partial charge in [0, 0.05) is 18.1 Å². The molecule has 0 unspecified atom stereocenters. The number of hydrogen-bond donors (Lipinski definition) is 1. The van der Waals surface area contributed by atoms with Gasteiger partial charge in [0.15, 0.2) is 0 Å². The molecule has 1 aromatic carbocycles. The number of hydrogen-bond acceptors (Lipinski definition) is 1. The number of carboxylic acid groups (broad SMARTS) is 1. The van der Waals surface area contributed by atoms with Crippen LogP contribution in [0.3, 0.4) is 0 Å². The van der Waals surface area contributed by atoms with Crippen molar-refractivity contribution in [3.8, 4) is 0 Å². The fraction of sp³-hybridized carbons (Fsp3) is 0.308. The van der Waals surface area contributed by atoms with Gasteiger partial charge in [-0.1, -0.05) is 23.7 Å². The van der Waals surface area contributed by atoms with Crippen molar-refractivity contribution >= 4 is 28.5 Å². The van der Waals surface area contributed by atoms with Gasteiger partial charge in [-0.15, -0.1) is 0 Å². The molecule has 0 amide bonds. The largest absolute Gasteiger partial charge is 0.481 e. The van der Waals surface area contributed by atoms with Crippen LogP contribution >= 0.6 is 11.6 Å². The molecule has 1 aromatic heterocycles. The van der Waals surface area contributed by atoms with E-state index in [1.165, 1.54) is 0 Å². The molecule has 17 heavy (non-hydrogen) atoms. The summed E-state index contributed by atoms with van der Waals surface area (Å²) in [5.41, 5.74) is 0.0778. The summed E-state index contributed by atoms with van der Waals surface area (Å²) in [6.45, 7) is 3.81. The van der Waals surface area contributed by atoms with Crippen molar-refractivity contribution in [2.24, 2.45) is 5.41 Å². The van der Waals surface area contributed by atoms with Crippen molar-refractivity contribution in [2.45, 2.75) is 20.4 Å². The van der Waals surface area contributed by atoms with E-state index in [1.54, 1.807) is 13.8 Å². The van der Waals surface area contributed by atoms with Gasteiger partial charge >= 0.3 is 5.97 Å². The Bertz CT molecular complexity index is 572. The van der Waals surface area contributed by atoms with E-state index in [4.69, 9.17) is 16.7 Å². The minimum absolute atomic E-state index is 0.398. The molecule has 0 aliphatic carbocycles. The van der Waals surface area contributed by atoms with Crippen LogP contribution in [0.4, 0.5) is 0 Å². The Hall–Kier alpha value is -1.48. The monoisotopic (exact) mass is 251 g/mol. The average Bonchev–Trinajstić information content (AvgIpc) is 2.62. The normalized spacial score (nSPS) is 11.9. The highest BCUT2D eigenvalue weighted by atomic mass is 35.5. The van der Waals surface area contributed by atoms with Gasteiger partial charge in [-0.3, -0.25) is 4.79 Å². The third kappa shape index (κ3) is 2.15. The van der Waals surface area contributed by atoms with Crippen molar-refractivity contribution in [3.63, 3.8) is 0 Å². The van der Waals surface area contributed by atoms with Gasteiger partial charge in [-0.2, -0.15) is 0 Å². The highest BCUT2D eigenvalue weighted by molar-refractivity contribution is 6.35. The number of aliphatic carboxylic acids is 1. The zero-order valence-corrected chi connectivity index (χ0v) is 10.5. The lowest BCUT2D eigenvalue weighted by atomic mass is 9.94. The number of benzene rings is 1. The lowest BCUT2D eigenvalue weighted by molar-refractivity contribution is -0.147. The molecule has 0 radical (unpaired) electrons. The van der Waals surface area contributed by atoms with Gasteiger partial charge in [0.25, 0.3) is 0 Å². The number of aromatic nitrogens is 1. The number of rotatable bonds is 3. The Kier molecular flexibility index (Phi) is 2.87. The maximum Gasteiger partial charge on any atom is 0.310 e. The van der Waals surface area contributed by atoms with Crippen LogP contribution in [0, 0.1) is 5.41 Å². The molecule has 2 rings (SSSR count). The highest BCUT2D eigenvalue weighted by Crippen LogP contribution is 2.27. The van der Waals surface area contributed by atoms with Crippen molar-refractivity contribution in [1.29, 1.82) is 0 Å². The Morgan fingerprint density at radius 2 is 2.12 bits per heavy atom. The molecular formula is C13H14ClNO2. The fourth-order valence-corrected chi connectivity index (χ4v) is 2.13. The van der Waals surface area contributed by atoms with E-state index in [9.17, 15) is 4.79 Å². The zero-order valence-electron chi connectivity index (χ0n) is 9.77. The summed E-state index contributed by atoms with van der Waals surface area (Å²) in [5, 5.41) is 10.8. The molecule has 3 nitrogen and oxygen atoms in total. The van der Waals surface area contributed by atoms with Crippen LogP contribution in [0.15, 0.2) is 30.5 Å². The standard InChI is InChI=1S/C13H14ClNO2/c1-13(2,12(16)17)8-15-7-6-9-4-3-5-10(14)11(9)15/h3-7H,8H2,1-2H3,(H,16,17). The molecule has 0 atom stereocenters. The number of fused-ring (bicyclic) bond motifs is 1. The quantitative estimate of drug-likeness (QED) is 0.908. The molecule has 0 bridgehead atoms. The Balaban J connectivity index is 2.47. The summed E-state index contributed by atoms with van der Waals surface area (Å²) in [7, 11) is 0. The van der Waals surface area contributed by atoms with E-state index in [2.05, 4.69) is 0 Å². The molecule has 90 valence electrons. The summed E-state index contributed by atoms with van der Waals surface area (Å²) in [6, 6.07) is 7.61. The molecule has 4 heteroatoms. The Morgan fingerprint density at radius 3 is 2.76 bits per heavy atom. The number of carbonyl (C=O) groups is 1. The Morgan fingerprint density at radius 1 is 1.41 bits per heavy atom. The van der Waals surface area contributed by atoms with E-state index in [1.807, 2.05) is 35.0 Å². The van der Waals surface area contributed by atoms with Crippen molar-refractivity contribution in [1.82, 2.24) is 4.57 Å². The fourth-order valence-electron chi connectivity index (χ4n) is 1.84. The zero-order chi connectivity index (χ0) is 12.6. The minimum atomic E-state index is -0.814. The van der Waals surface area contributed by atoms with Crippen LogP contribution in [-0.4, -0.2) is 15.6 Å². The molecule has 0 aliphatic rings. The maximum atomic E-state index is 11.1.